The lowest BCUT2D eigenvalue weighted by molar-refractivity contribution is -0.154. The number of likely N-dealkylation sites (tertiary alicyclic amines) is 1. The molecule has 182 valence electrons. The van der Waals surface area contributed by atoms with Crippen LogP contribution in [0.1, 0.15) is 50.8 Å². The third kappa shape index (κ3) is 6.98. The first-order chi connectivity index (χ1) is 15.9. The minimum Gasteiger partial charge on any atom is -0.358 e. The van der Waals surface area contributed by atoms with Crippen LogP contribution in [0.5, 0.6) is 0 Å². The molecule has 0 spiro atoms. The summed E-state index contributed by atoms with van der Waals surface area (Å²) in [6.45, 7) is 2.70. The second-order valence-corrected chi connectivity index (χ2v) is 8.65. The minimum atomic E-state index is -0.834. The Morgan fingerprint density at radius 1 is 1.21 bits per heavy atom. The van der Waals surface area contributed by atoms with E-state index in [1.165, 1.54) is 0 Å². The van der Waals surface area contributed by atoms with Gasteiger partial charge in [-0.3, -0.25) is 30.4 Å². The number of nitrogens with one attached hydrogen (secondary N) is 3. The minimum absolute atomic E-state index is 0.0966. The lowest BCUT2D eigenvalue weighted by Crippen LogP contribution is -2.41. The number of hydrazine groups is 1. The van der Waals surface area contributed by atoms with E-state index in [4.69, 9.17) is 0 Å². The third-order valence-corrected chi connectivity index (χ3v) is 6.13. The Balaban J connectivity index is 1.61. The van der Waals surface area contributed by atoms with Crippen LogP contribution in [0.2, 0.25) is 0 Å². The summed E-state index contributed by atoms with van der Waals surface area (Å²) in [7, 11) is 0. The van der Waals surface area contributed by atoms with Crippen LogP contribution in [0.25, 0.3) is 0 Å². The molecule has 2 fully saturated rings. The number of nitrogens with zero attached hydrogens (tertiary/aromatic N) is 4. The fourth-order valence-electron chi connectivity index (χ4n) is 4.40. The van der Waals surface area contributed by atoms with Crippen molar-refractivity contribution in [2.24, 2.45) is 11.8 Å². The zero-order valence-electron chi connectivity index (χ0n) is 18.8. The van der Waals surface area contributed by atoms with E-state index in [2.05, 4.69) is 26.1 Å². The predicted octanol–water partition coefficient (Wildman–Crippen LogP) is 1.45. The van der Waals surface area contributed by atoms with E-state index in [9.17, 15) is 24.0 Å². The van der Waals surface area contributed by atoms with Crippen LogP contribution in [-0.4, -0.2) is 69.5 Å². The smallest absolute Gasteiger partial charge is 0.243 e. The van der Waals surface area contributed by atoms with Crippen molar-refractivity contribution in [2.45, 2.75) is 51.9 Å². The van der Waals surface area contributed by atoms with Gasteiger partial charge in [-0.05, 0) is 32.1 Å². The van der Waals surface area contributed by atoms with E-state index in [0.29, 0.717) is 30.5 Å². The predicted molar refractivity (Wildman–Crippen MR) is 117 cm³/mol. The van der Waals surface area contributed by atoms with E-state index in [1.54, 1.807) is 11.8 Å². The van der Waals surface area contributed by atoms with Gasteiger partial charge in [-0.1, -0.05) is 25.7 Å². The molecule has 0 bridgehead atoms. The van der Waals surface area contributed by atoms with Gasteiger partial charge in [-0.2, -0.15) is 4.39 Å². The first kappa shape index (κ1) is 24.6. The van der Waals surface area contributed by atoms with Crippen molar-refractivity contribution in [3.63, 3.8) is 0 Å². The number of aromatic nitrogens is 2. The molecule has 2 heterocycles. The van der Waals surface area contributed by atoms with Gasteiger partial charge in [0, 0.05) is 13.1 Å². The van der Waals surface area contributed by atoms with Crippen molar-refractivity contribution >= 4 is 29.9 Å². The molecule has 1 saturated carbocycles. The van der Waals surface area contributed by atoms with Crippen LogP contribution in [0.4, 0.5) is 16.0 Å². The Hall–Kier alpha value is -3.02. The number of hydrogen-bond acceptors (Lipinski definition) is 8. The SMILES string of the molecule is Cc1nc(NCC(=O)N2CCCC2)c(F)c(NNC(=O)[C@H](CC2CCCC2)CN(O)C=O)n1. The molecule has 11 nitrogen and oxygen atoms in total. The Bertz CT molecular complexity index is 844. The van der Waals surface area contributed by atoms with Gasteiger partial charge in [0.05, 0.1) is 19.0 Å². The second-order valence-electron chi connectivity index (χ2n) is 8.65. The highest BCUT2D eigenvalue weighted by Crippen LogP contribution is 2.30. The molecular formula is C21H32FN7O4. The summed E-state index contributed by atoms with van der Waals surface area (Å²) in [5.41, 5.74) is 4.92. The maximum Gasteiger partial charge on any atom is 0.243 e. The molecule has 4 N–H and O–H groups in total. The molecule has 12 heteroatoms. The molecule has 2 aliphatic rings. The van der Waals surface area contributed by atoms with Gasteiger partial charge in [0.15, 0.2) is 11.6 Å². The lowest BCUT2D eigenvalue weighted by Gasteiger charge is -2.22. The summed E-state index contributed by atoms with van der Waals surface area (Å²) >= 11 is 0. The zero-order valence-corrected chi connectivity index (χ0v) is 18.8. The number of rotatable bonds is 11. The molecular weight excluding hydrogens is 433 g/mol. The molecule has 1 aliphatic heterocycles. The van der Waals surface area contributed by atoms with Gasteiger partial charge in [-0.15, -0.1) is 0 Å². The first-order valence-corrected chi connectivity index (χ1v) is 11.4. The molecule has 1 aromatic rings. The monoisotopic (exact) mass is 465 g/mol. The van der Waals surface area contributed by atoms with Crippen molar-refractivity contribution in [1.29, 1.82) is 0 Å². The third-order valence-electron chi connectivity index (χ3n) is 6.13. The van der Waals surface area contributed by atoms with Gasteiger partial charge in [0.25, 0.3) is 0 Å². The average Bonchev–Trinajstić information content (AvgIpc) is 3.51. The standard InChI is InChI=1S/C21H32FN7O4/c1-14-24-19(23-11-17(31)28-8-4-5-9-28)18(22)20(25-14)26-27-21(32)16(12-29(33)13-30)10-15-6-2-3-7-15/h13,15-16,33H,2-12H2,1H3,(H,27,32)(H2,23,24,25,26)/t16-/m1/s1. The molecule has 0 radical (unpaired) electrons. The van der Waals surface area contributed by atoms with E-state index >= 15 is 0 Å². The Labute approximate surface area is 192 Å². The Morgan fingerprint density at radius 2 is 1.88 bits per heavy atom. The van der Waals surface area contributed by atoms with Crippen molar-refractivity contribution in [3.05, 3.63) is 11.6 Å². The average molecular weight is 466 g/mol. The topological polar surface area (TPSA) is 140 Å². The highest BCUT2D eigenvalue weighted by molar-refractivity contribution is 5.81. The van der Waals surface area contributed by atoms with Crippen LogP contribution >= 0.6 is 0 Å². The fraction of sp³-hybridized carbons (Fsp3) is 0.667. The second kappa shape index (κ2) is 11.7. The van der Waals surface area contributed by atoms with Gasteiger partial charge in [0.2, 0.25) is 24.0 Å². The molecule has 1 aliphatic carbocycles. The van der Waals surface area contributed by atoms with Crippen LogP contribution < -0.4 is 16.2 Å². The van der Waals surface area contributed by atoms with Crippen molar-refractivity contribution < 1.29 is 24.0 Å². The van der Waals surface area contributed by atoms with Gasteiger partial charge >= 0.3 is 0 Å². The number of carbonyl (C=O) groups excluding carboxylic acids is 3. The van der Waals surface area contributed by atoms with Crippen molar-refractivity contribution in [1.82, 2.24) is 25.4 Å². The summed E-state index contributed by atoms with van der Waals surface area (Å²) < 4.78 is 14.9. The summed E-state index contributed by atoms with van der Waals surface area (Å²) in [6, 6.07) is 0. The number of halogens is 1. The van der Waals surface area contributed by atoms with Crippen molar-refractivity contribution in [3.8, 4) is 0 Å². The lowest BCUT2D eigenvalue weighted by atomic mass is 9.92. The van der Waals surface area contributed by atoms with Gasteiger partial charge in [-0.25, -0.2) is 15.0 Å². The van der Waals surface area contributed by atoms with Gasteiger partial charge < -0.3 is 10.2 Å². The van der Waals surface area contributed by atoms with E-state index in [1.807, 2.05) is 0 Å². The zero-order chi connectivity index (χ0) is 23.8. The molecule has 0 aromatic carbocycles. The highest BCUT2D eigenvalue weighted by atomic mass is 19.1. The number of hydrogen-bond donors (Lipinski definition) is 4. The van der Waals surface area contributed by atoms with Crippen LogP contribution in [0.15, 0.2) is 0 Å². The molecule has 0 unspecified atom stereocenters. The molecule has 1 aromatic heterocycles. The number of amides is 3. The van der Waals surface area contributed by atoms with E-state index in [-0.39, 0.29) is 42.9 Å². The molecule has 1 atom stereocenters. The van der Waals surface area contributed by atoms with E-state index in [0.717, 1.165) is 38.5 Å². The molecule has 1 saturated heterocycles. The normalized spacial score (nSPS) is 17.0. The summed E-state index contributed by atoms with van der Waals surface area (Å²) in [5, 5.41) is 12.7. The largest absolute Gasteiger partial charge is 0.358 e. The summed E-state index contributed by atoms with van der Waals surface area (Å²) in [5.74, 6) is -1.94. The molecule has 33 heavy (non-hydrogen) atoms. The first-order valence-electron chi connectivity index (χ1n) is 11.4. The fourth-order valence-corrected chi connectivity index (χ4v) is 4.40. The number of carbonyl (C=O) groups is 3. The van der Waals surface area contributed by atoms with Crippen LogP contribution in [-0.2, 0) is 14.4 Å². The van der Waals surface area contributed by atoms with E-state index < -0.39 is 17.6 Å². The number of aryl methyl sites for hydroxylation is 1. The number of hydroxylamine groups is 2. The molecule has 3 rings (SSSR count). The molecule has 3 amide bonds. The summed E-state index contributed by atoms with van der Waals surface area (Å²) in [4.78, 5) is 45.5. The van der Waals surface area contributed by atoms with Crippen molar-refractivity contribution in [2.75, 3.05) is 36.9 Å². The Morgan fingerprint density at radius 3 is 2.55 bits per heavy atom. The maximum atomic E-state index is 14.9. The van der Waals surface area contributed by atoms with Crippen LogP contribution in [0.3, 0.4) is 0 Å². The van der Waals surface area contributed by atoms with Gasteiger partial charge in [0.1, 0.15) is 5.82 Å². The summed E-state index contributed by atoms with van der Waals surface area (Å²) in [6.07, 6.45) is 6.85. The quantitative estimate of drug-likeness (QED) is 0.219. The number of anilines is 2. The highest BCUT2D eigenvalue weighted by Gasteiger charge is 2.27. The van der Waals surface area contributed by atoms with Crippen LogP contribution in [0, 0.1) is 24.6 Å². The Kier molecular flexibility index (Phi) is 8.75. The maximum absolute atomic E-state index is 14.9.